The first-order chi connectivity index (χ1) is 7.88. The van der Waals surface area contributed by atoms with Crippen LogP contribution in [0, 0.1) is 0 Å². The van der Waals surface area contributed by atoms with Gasteiger partial charge in [0, 0.05) is 31.7 Å². The van der Waals surface area contributed by atoms with Crippen LogP contribution in [-0.4, -0.2) is 38.5 Å². The molecule has 0 aromatic heterocycles. The summed E-state index contributed by atoms with van der Waals surface area (Å²) in [5.74, 6) is 0.915. The largest absolute Gasteiger partial charge is 0.496 e. The molecule has 0 saturated heterocycles. The second kappa shape index (κ2) is 8.10. The van der Waals surface area contributed by atoms with E-state index in [-0.39, 0.29) is 6.61 Å². The smallest absolute Gasteiger partial charge is 0.123 e. The number of rotatable bonds is 8. The van der Waals surface area contributed by atoms with Crippen molar-refractivity contribution in [3.8, 4) is 5.75 Å². The first kappa shape index (κ1) is 13.0. The molecule has 0 fully saturated rings. The summed E-state index contributed by atoms with van der Waals surface area (Å²) < 4.78 is 5.25. The van der Waals surface area contributed by atoms with Gasteiger partial charge in [0.2, 0.25) is 0 Å². The Labute approximate surface area is 96.6 Å². The molecule has 3 N–H and O–H groups in total. The van der Waals surface area contributed by atoms with Crippen LogP contribution in [0.25, 0.3) is 0 Å². The molecule has 4 heteroatoms. The van der Waals surface area contributed by atoms with E-state index < -0.39 is 0 Å². The van der Waals surface area contributed by atoms with Crippen molar-refractivity contribution in [1.29, 1.82) is 0 Å². The average molecular weight is 224 g/mol. The number of ether oxygens (including phenoxy) is 1. The molecular weight excluding hydrogens is 204 g/mol. The molecule has 1 rings (SSSR count). The quantitative estimate of drug-likeness (QED) is 0.558. The number of aliphatic hydroxyl groups excluding tert-OH is 1. The molecule has 0 aliphatic carbocycles. The predicted octanol–water partition coefficient (Wildman–Crippen LogP) is 0.367. The van der Waals surface area contributed by atoms with E-state index in [1.165, 1.54) is 0 Å². The average Bonchev–Trinajstić information content (AvgIpc) is 2.34. The van der Waals surface area contributed by atoms with Crippen LogP contribution in [0.1, 0.15) is 5.56 Å². The Balaban J connectivity index is 2.21. The Kier molecular flexibility index (Phi) is 6.56. The van der Waals surface area contributed by atoms with Gasteiger partial charge in [-0.3, -0.25) is 0 Å². The van der Waals surface area contributed by atoms with Gasteiger partial charge in [0.25, 0.3) is 0 Å². The van der Waals surface area contributed by atoms with Gasteiger partial charge in [0.05, 0.1) is 13.7 Å². The SMILES string of the molecule is COc1ccccc1CNCCNCCO. The summed E-state index contributed by atoms with van der Waals surface area (Å²) in [5.41, 5.74) is 1.16. The van der Waals surface area contributed by atoms with Crippen molar-refractivity contribution in [2.75, 3.05) is 33.4 Å². The zero-order chi connectivity index (χ0) is 11.6. The molecule has 16 heavy (non-hydrogen) atoms. The number of hydrogen-bond donors (Lipinski definition) is 3. The lowest BCUT2D eigenvalue weighted by Crippen LogP contribution is -2.28. The van der Waals surface area contributed by atoms with Crippen LogP contribution in [0.4, 0.5) is 0 Å². The summed E-state index contributed by atoms with van der Waals surface area (Å²) in [4.78, 5) is 0. The summed E-state index contributed by atoms with van der Waals surface area (Å²) in [7, 11) is 1.68. The van der Waals surface area contributed by atoms with Crippen LogP contribution in [0.5, 0.6) is 5.75 Å². The second-order valence-corrected chi connectivity index (χ2v) is 3.46. The zero-order valence-electron chi connectivity index (χ0n) is 9.70. The highest BCUT2D eigenvalue weighted by Gasteiger charge is 1.99. The first-order valence-corrected chi connectivity index (χ1v) is 5.52. The van der Waals surface area contributed by atoms with Gasteiger partial charge in [0.15, 0.2) is 0 Å². The summed E-state index contributed by atoms with van der Waals surface area (Å²) in [6, 6.07) is 7.97. The highest BCUT2D eigenvalue weighted by Crippen LogP contribution is 2.16. The van der Waals surface area contributed by atoms with Gasteiger partial charge in [-0.05, 0) is 6.07 Å². The lowest BCUT2D eigenvalue weighted by molar-refractivity contribution is 0.292. The van der Waals surface area contributed by atoms with E-state index in [4.69, 9.17) is 9.84 Å². The van der Waals surface area contributed by atoms with Gasteiger partial charge >= 0.3 is 0 Å². The first-order valence-electron chi connectivity index (χ1n) is 5.52. The molecule has 0 amide bonds. The van der Waals surface area contributed by atoms with E-state index >= 15 is 0 Å². The molecule has 0 heterocycles. The molecule has 0 spiro atoms. The monoisotopic (exact) mass is 224 g/mol. The van der Waals surface area contributed by atoms with Gasteiger partial charge < -0.3 is 20.5 Å². The standard InChI is InChI=1S/C12H20N2O2/c1-16-12-5-3-2-4-11(12)10-14-7-6-13-8-9-15/h2-5,13-15H,6-10H2,1H3. The minimum Gasteiger partial charge on any atom is -0.496 e. The van der Waals surface area contributed by atoms with E-state index in [0.717, 1.165) is 30.9 Å². The predicted molar refractivity (Wildman–Crippen MR) is 64.7 cm³/mol. The van der Waals surface area contributed by atoms with E-state index in [9.17, 15) is 0 Å². The minimum atomic E-state index is 0.187. The lowest BCUT2D eigenvalue weighted by atomic mass is 10.2. The minimum absolute atomic E-state index is 0.187. The number of para-hydroxylation sites is 1. The van der Waals surface area contributed by atoms with E-state index in [1.54, 1.807) is 7.11 Å². The number of benzene rings is 1. The van der Waals surface area contributed by atoms with Crippen LogP contribution < -0.4 is 15.4 Å². The summed E-state index contributed by atoms with van der Waals surface area (Å²) in [6.45, 7) is 3.36. The third-order valence-electron chi connectivity index (χ3n) is 2.28. The lowest BCUT2D eigenvalue weighted by Gasteiger charge is -2.09. The summed E-state index contributed by atoms with van der Waals surface area (Å²) in [6.07, 6.45) is 0. The van der Waals surface area contributed by atoms with E-state index in [0.29, 0.717) is 6.54 Å². The van der Waals surface area contributed by atoms with E-state index in [1.807, 2.05) is 24.3 Å². The Bertz CT molecular complexity index is 292. The van der Waals surface area contributed by atoms with Gasteiger partial charge in [0.1, 0.15) is 5.75 Å². The third kappa shape index (κ3) is 4.61. The summed E-state index contributed by atoms with van der Waals surface area (Å²) in [5, 5.41) is 15.0. The van der Waals surface area contributed by atoms with Crippen molar-refractivity contribution in [2.45, 2.75) is 6.54 Å². The molecule has 4 nitrogen and oxygen atoms in total. The van der Waals surface area contributed by atoms with Crippen LogP contribution in [-0.2, 0) is 6.54 Å². The Morgan fingerprint density at radius 3 is 2.62 bits per heavy atom. The van der Waals surface area contributed by atoms with Crippen molar-refractivity contribution in [3.05, 3.63) is 29.8 Å². The Morgan fingerprint density at radius 1 is 1.12 bits per heavy atom. The fourth-order valence-electron chi connectivity index (χ4n) is 1.45. The fraction of sp³-hybridized carbons (Fsp3) is 0.500. The van der Waals surface area contributed by atoms with Gasteiger partial charge in [-0.2, -0.15) is 0 Å². The highest BCUT2D eigenvalue weighted by atomic mass is 16.5. The van der Waals surface area contributed by atoms with Gasteiger partial charge in [-0.15, -0.1) is 0 Å². The number of methoxy groups -OCH3 is 1. The van der Waals surface area contributed by atoms with Gasteiger partial charge in [-0.1, -0.05) is 18.2 Å². The molecule has 1 aromatic carbocycles. The molecule has 0 aliphatic heterocycles. The molecule has 0 unspecified atom stereocenters. The third-order valence-corrected chi connectivity index (χ3v) is 2.28. The van der Waals surface area contributed by atoms with Crippen molar-refractivity contribution in [2.24, 2.45) is 0 Å². The highest BCUT2D eigenvalue weighted by molar-refractivity contribution is 5.32. The maximum absolute atomic E-state index is 8.57. The van der Waals surface area contributed by atoms with Crippen LogP contribution >= 0.6 is 0 Å². The maximum atomic E-state index is 8.57. The molecule has 1 aromatic rings. The van der Waals surface area contributed by atoms with Gasteiger partial charge in [-0.25, -0.2) is 0 Å². The second-order valence-electron chi connectivity index (χ2n) is 3.46. The topological polar surface area (TPSA) is 53.5 Å². The van der Waals surface area contributed by atoms with Crippen LogP contribution in [0.15, 0.2) is 24.3 Å². The Hall–Kier alpha value is -1.10. The molecule has 0 aliphatic rings. The summed E-state index contributed by atoms with van der Waals surface area (Å²) >= 11 is 0. The number of aliphatic hydroxyl groups is 1. The molecule has 90 valence electrons. The fourth-order valence-corrected chi connectivity index (χ4v) is 1.45. The Morgan fingerprint density at radius 2 is 1.88 bits per heavy atom. The zero-order valence-corrected chi connectivity index (χ0v) is 9.70. The van der Waals surface area contributed by atoms with Crippen LogP contribution in [0.3, 0.4) is 0 Å². The molecule has 0 bridgehead atoms. The number of hydrogen-bond acceptors (Lipinski definition) is 4. The van der Waals surface area contributed by atoms with Crippen molar-refractivity contribution >= 4 is 0 Å². The molecule has 0 atom stereocenters. The van der Waals surface area contributed by atoms with Crippen LogP contribution in [0.2, 0.25) is 0 Å². The van der Waals surface area contributed by atoms with Crippen molar-refractivity contribution in [3.63, 3.8) is 0 Å². The number of nitrogens with one attached hydrogen (secondary N) is 2. The van der Waals surface area contributed by atoms with Crippen molar-refractivity contribution in [1.82, 2.24) is 10.6 Å². The molecule has 0 saturated carbocycles. The normalized spacial score (nSPS) is 10.4. The van der Waals surface area contributed by atoms with Crippen molar-refractivity contribution < 1.29 is 9.84 Å². The molecular formula is C12H20N2O2. The molecule has 0 radical (unpaired) electrons. The maximum Gasteiger partial charge on any atom is 0.123 e. The van der Waals surface area contributed by atoms with E-state index in [2.05, 4.69) is 10.6 Å².